The summed E-state index contributed by atoms with van der Waals surface area (Å²) in [5.41, 5.74) is 6.23. The molecule has 120 valence electrons. The Hall–Kier alpha value is -1.53. The predicted molar refractivity (Wildman–Crippen MR) is 89.8 cm³/mol. The Labute approximate surface area is 135 Å². The molecule has 1 heterocycles. The maximum absolute atomic E-state index is 12.1. The van der Waals surface area contributed by atoms with Crippen LogP contribution >= 0.6 is 11.8 Å². The maximum Gasteiger partial charge on any atom is 0.225 e. The number of amides is 2. The van der Waals surface area contributed by atoms with E-state index in [9.17, 15) is 9.59 Å². The Morgan fingerprint density at radius 2 is 2.18 bits per heavy atom. The quantitative estimate of drug-likeness (QED) is 0.785. The van der Waals surface area contributed by atoms with Crippen molar-refractivity contribution in [2.75, 3.05) is 31.2 Å². The molecule has 0 radical (unpaired) electrons. The fourth-order valence-electron chi connectivity index (χ4n) is 2.71. The topological polar surface area (TPSA) is 75.4 Å². The molecule has 22 heavy (non-hydrogen) atoms. The third-order valence-corrected chi connectivity index (χ3v) is 4.74. The highest BCUT2D eigenvalue weighted by Gasteiger charge is 2.24. The Kier molecular flexibility index (Phi) is 6.27. The number of carbonyl (C=O) groups excluding carboxylic acids is 2. The van der Waals surface area contributed by atoms with Gasteiger partial charge < -0.3 is 16.0 Å². The molecule has 2 rings (SSSR count). The van der Waals surface area contributed by atoms with Crippen molar-refractivity contribution in [3.63, 3.8) is 0 Å². The molecule has 1 saturated heterocycles. The van der Waals surface area contributed by atoms with E-state index >= 15 is 0 Å². The molecular weight excluding hydrogens is 298 g/mol. The van der Waals surface area contributed by atoms with Gasteiger partial charge in [-0.1, -0.05) is 12.1 Å². The van der Waals surface area contributed by atoms with Crippen LogP contribution in [-0.4, -0.2) is 42.6 Å². The highest BCUT2D eigenvalue weighted by Crippen LogP contribution is 2.24. The molecule has 1 aliphatic heterocycles. The minimum Gasteiger partial charge on any atom is -0.369 e. The Bertz CT molecular complexity index is 536. The number of primary amides is 1. The summed E-state index contributed by atoms with van der Waals surface area (Å²) >= 11 is 1.61. The molecule has 5 nitrogen and oxygen atoms in total. The van der Waals surface area contributed by atoms with Gasteiger partial charge in [-0.25, -0.2) is 0 Å². The van der Waals surface area contributed by atoms with E-state index < -0.39 is 0 Å². The summed E-state index contributed by atoms with van der Waals surface area (Å²) in [6.45, 7) is 2.26. The van der Waals surface area contributed by atoms with Crippen molar-refractivity contribution in [1.82, 2.24) is 4.90 Å². The van der Waals surface area contributed by atoms with Gasteiger partial charge in [0.25, 0.3) is 0 Å². The zero-order chi connectivity index (χ0) is 15.9. The lowest BCUT2D eigenvalue weighted by Gasteiger charge is -2.30. The van der Waals surface area contributed by atoms with Crippen LogP contribution in [0.15, 0.2) is 29.2 Å². The molecule has 3 N–H and O–H groups in total. The molecule has 0 aliphatic carbocycles. The number of anilines is 1. The van der Waals surface area contributed by atoms with Crippen LogP contribution in [0.5, 0.6) is 0 Å². The molecule has 2 amide bonds. The van der Waals surface area contributed by atoms with Crippen LogP contribution in [0.25, 0.3) is 0 Å². The van der Waals surface area contributed by atoms with Crippen LogP contribution in [-0.2, 0) is 9.59 Å². The molecule has 1 aromatic carbocycles. The summed E-state index contributed by atoms with van der Waals surface area (Å²) in [5, 5.41) is 2.96. The number of piperidine rings is 1. The van der Waals surface area contributed by atoms with Crippen molar-refractivity contribution in [2.24, 2.45) is 11.7 Å². The van der Waals surface area contributed by atoms with Gasteiger partial charge in [0.1, 0.15) is 0 Å². The third kappa shape index (κ3) is 4.74. The minimum absolute atomic E-state index is 0.00250. The summed E-state index contributed by atoms with van der Waals surface area (Å²) in [7, 11) is 0. The minimum atomic E-state index is -0.233. The van der Waals surface area contributed by atoms with Crippen molar-refractivity contribution in [1.29, 1.82) is 0 Å². The van der Waals surface area contributed by atoms with Gasteiger partial charge >= 0.3 is 0 Å². The number of thioether (sulfide) groups is 1. The van der Waals surface area contributed by atoms with Gasteiger partial charge in [0.2, 0.25) is 11.8 Å². The fraction of sp³-hybridized carbons (Fsp3) is 0.500. The first kappa shape index (κ1) is 16.8. The Morgan fingerprint density at radius 1 is 1.41 bits per heavy atom. The Morgan fingerprint density at radius 3 is 2.91 bits per heavy atom. The summed E-state index contributed by atoms with van der Waals surface area (Å²) in [6.07, 6.45) is 4.24. The monoisotopic (exact) mass is 321 g/mol. The lowest BCUT2D eigenvalue weighted by Crippen LogP contribution is -2.42. The Balaban J connectivity index is 1.81. The van der Waals surface area contributed by atoms with E-state index in [1.54, 1.807) is 11.8 Å². The molecule has 6 heteroatoms. The SMILES string of the molecule is CSc1ccccc1NC(=O)CCN1CCC[C@@H](C(N)=O)C1. The van der Waals surface area contributed by atoms with Crippen molar-refractivity contribution in [2.45, 2.75) is 24.2 Å². The number of hydrogen-bond acceptors (Lipinski definition) is 4. The van der Waals surface area contributed by atoms with E-state index in [0.29, 0.717) is 19.5 Å². The second-order valence-electron chi connectivity index (χ2n) is 5.54. The molecule has 0 spiro atoms. The molecule has 0 aromatic heterocycles. The average Bonchev–Trinajstić information content (AvgIpc) is 2.53. The van der Waals surface area contributed by atoms with Crippen LogP contribution in [0.2, 0.25) is 0 Å². The zero-order valence-electron chi connectivity index (χ0n) is 12.9. The summed E-state index contributed by atoms with van der Waals surface area (Å²) in [4.78, 5) is 26.6. The van der Waals surface area contributed by atoms with Gasteiger partial charge in [0, 0.05) is 24.4 Å². The number of rotatable bonds is 6. The van der Waals surface area contributed by atoms with Crippen LogP contribution in [0, 0.1) is 5.92 Å². The van der Waals surface area contributed by atoms with Gasteiger partial charge in [-0.3, -0.25) is 9.59 Å². The van der Waals surface area contributed by atoms with Gasteiger partial charge in [-0.2, -0.15) is 0 Å². The van der Waals surface area contributed by atoms with Crippen LogP contribution in [0.3, 0.4) is 0 Å². The first-order valence-electron chi connectivity index (χ1n) is 7.54. The van der Waals surface area contributed by atoms with E-state index in [2.05, 4.69) is 10.2 Å². The molecule has 1 aromatic rings. The highest BCUT2D eigenvalue weighted by atomic mass is 32.2. The largest absolute Gasteiger partial charge is 0.369 e. The first-order chi connectivity index (χ1) is 10.6. The van der Waals surface area contributed by atoms with Gasteiger partial charge in [-0.05, 0) is 37.8 Å². The third-order valence-electron chi connectivity index (χ3n) is 3.94. The molecule has 1 fully saturated rings. The summed E-state index contributed by atoms with van der Waals surface area (Å²) in [5.74, 6) is -0.306. The number of para-hydroxylation sites is 1. The first-order valence-corrected chi connectivity index (χ1v) is 8.77. The fourth-order valence-corrected chi connectivity index (χ4v) is 3.26. The van der Waals surface area contributed by atoms with E-state index in [0.717, 1.165) is 30.0 Å². The average molecular weight is 321 g/mol. The van der Waals surface area contributed by atoms with E-state index in [1.807, 2.05) is 30.5 Å². The number of nitrogens with zero attached hydrogens (tertiary/aromatic N) is 1. The predicted octanol–water partition coefficient (Wildman–Crippen LogP) is 1.93. The van der Waals surface area contributed by atoms with E-state index in [-0.39, 0.29) is 17.7 Å². The lowest BCUT2D eigenvalue weighted by atomic mass is 9.97. The molecular formula is C16H23N3O2S. The van der Waals surface area contributed by atoms with Gasteiger partial charge in [0.05, 0.1) is 11.6 Å². The molecule has 0 saturated carbocycles. The standard InChI is InChI=1S/C16H23N3O2S/c1-22-14-7-3-2-6-13(14)18-15(20)8-10-19-9-4-5-12(11-19)16(17)21/h2-3,6-7,12H,4-5,8-11H2,1H3,(H2,17,21)(H,18,20)/t12-/m1/s1. The highest BCUT2D eigenvalue weighted by molar-refractivity contribution is 7.98. The second-order valence-corrected chi connectivity index (χ2v) is 6.39. The molecule has 1 atom stereocenters. The summed E-state index contributed by atoms with van der Waals surface area (Å²) < 4.78 is 0. The number of hydrogen-bond donors (Lipinski definition) is 2. The van der Waals surface area contributed by atoms with Gasteiger partial charge in [0.15, 0.2) is 0 Å². The van der Waals surface area contributed by atoms with E-state index in [1.165, 1.54) is 0 Å². The number of nitrogens with two attached hydrogens (primary N) is 1. The molecule has 0 unspecified atom stereocenters. The number of carbonyl (C=O) groups is 2. The maximum atomic E-state index is 12.1. The van der Waals surface area contributed by atoms with Crippen molar-refractivity contribution < 1.29 is 9.59 Å². The normalized spacial score (nSPS) is 18.9. The molecule has 1 aliphatic rings. The van der Waals surface area contributed by atoms with Crippen LogP contribution in [0.1, 0.15) is 19.3 Å². The van der Waals surface area contributed by atoms with Crippen LogP contribution < -0.4 is 11.1 Å². The number of benzene rings is 1. The van der Waals surface area contributed by atoms with Crippen molar-refractivity contribution >= 4 is 29.3 Å². The van der Waals surface area contributed by atoms with Gasteiger partial charge in [-0.15, -0.1) is 11.8 Å². The lowest BCUT2D eigenvalue weighted by molar-refractivity contribution is -0.123. The van der Waals surface area contributed by atoms with Crippen molar-refractivity contribution in [3.8, 4) is 0 Å². The molecule has 0 bridgehead atoms. The number of nitrogens with one attached hydrogen (secondary N) is 1. The second kappa shape index (κ2) is 8.19. The summed E-state index contributed by atoms with van der Waals surface area (Å²) in [6, 6.07) is 7.77. The van der Waals surface area contributed by atoms with E-state index in [4.69, 9.17) is 5.73 Å². The van der Waals surface area contributed by atoms with Crippen molar-refractivity contribution in [3.05, 3.63) is 24.3 Å². The van der Waals surface area contributed by atoms with Crippen LogP contribution in [0.4, 0.5) is 5.69 Å². The smallest absolute Gasteiger partial charge is 0.225 e. The zero-order valence-corrected chi connectivity index (χ0v) is 13.7. The number of likely N-dealkylation sites (tertiary alicyclic amines) is 1.